The number of ether oxygens (including phenoxy) is 1. The molecule has 0 saturated carbocycles. The number of aryl methyl sites for hydroxylation is 1. The Morgan fingerprint density at radius 2 is 1.95 bits per heavy atom. The van der Waals surface area contributed by atoms with E-state index < -0.39 is 17.3 Å². The van der Waals surface area contributed by atoms with E-state index in [0.717, 1.165) is 5.76 Å². The van der Waals surface area contributed by atoms with Gasteiger partial charge in [-0.05, 0) is 38.3 Å². The highest BCUT2D eigenvalue weighted by molar-refractivity contribution is 5.98. The van der Waals surface area contributed by atoms with Gasteiger partial charge in [-0.15, -0.1) is 0 Å². The van der Waals surface area contributed by atoms with Crippen LogP contribution in [0.3, 0.4) is 0 Å². The number of esters is 1. The molecule has 0 bridgehead atoms. The van der Waals surface area contributed by atoms with E-state index in [9.17, 15) is 9.59 Å². The van der Waals surface area contributed by atoms with Crippen molar-refractivity contribution in [3.05, 3.63) is 23.7 Å². The largest absolute Gasteiger partial charge is 0.465 e. The maximum atomic E-state index is 12.4. The third kappa shape index (κ3) is 4.62. The molecule has 1 heterocycles. The van der Waals surface area contributed by atoms with Gasteiger partial charge in [-0.1, -0.05) is 20.8 Å². The Bertz CT molecular complexity index is 499. The Morgan fingerprint density at radius 1 is 1.33 bits per heavy atom. The van der Waals surface area contributed by atoms with Gasteiger partial charge in [0.15, 0.2) is 0 Å². The second-order valence-electron chi connectivity index (χ2n) is 6.23. The highest BCUT2D eigenvalue weighted by Crippen LogP contribution is 2.28. The first kappa shape index (κ1) is 17.3. The molecule has 0 fully saturated rings. The zero-order chi connectivity index (χ0) is 16.2. The van der Waals surface area contributed by atoms with Gasteiger partial charge in [0.25, 0.3) is 0 Å². The summed E-state index contributed by atoms with van der Waals surface area (Å²) in [6.07, 6.45) is 0. The third-order valence-corrected chi connectivity index (χ3v) is 3.20. The molecule has 1 rings (SSSR count). The van der Waals surface area contributed by atoms with Gasteiger partial charge >= 0.3 is 5.97 Å². The lowest BCUT2D eigenvalue weighted by Gasteiger charge is -2.28. The molecule has 5 nitrogen and oxygen atoms in total. The summed E-state index contributed by atoms with van der Waals surface area (Å²) in [6.45, 7) is 11.2. The van der Waals surface area contributed by atoms with Gasteiger partial charge in [0.2, 0.25) is 5.91 Å². The first-order chi connectivity index (χ1) is 9.66. The first-order valence-electron chi connectivity index (χ1n) is 7.20. The number of amides is 1. The van der Waals surface area contributed by atoms with E-state index in [4.69, 9.17) is 9.15 Å². The molecule has 0 saturated heterocycles. The van der Waals surface area contributed by atoms with Gasteiger partial charge in [0.05, 0.1) is 12.6 Å². The molecule has 118 valence electrons. The maximum absolute atomic E-state index is 12.4. The van der Waals surface area contributed by atoms with Crippen molar-refractivity contribution in [3.8, 4) is 0 Å². The molecule has 0 aliphatic rings. The van der Waals surface area contributed by atoms with Gasteiger partial charge in [-0.3, -0.25) is 9.59 Å². The average Bonchev–Trinajstić information content (AvgIpc) is 2.74. The van der Waals surface area contributed by atoms with E-state index in [1.165, 1.54) is 0 Å². The Hall–Kier alpha value is -1.78. The van der Waals surface area contributed by atoms with Crippen molar-refractivity contribution in [1.29, 1.82) is 0 Å². The fraction of sp³-hybridized carbons (Fsp3) is 0.625. The van der Waals surface area contributed by atoms with Gasteiger partial charge in [0, 0.05) is 0 Å². The van der Waals surface area contributed by atoms with Gasteiger partial charge in [-0.2, -0.15) is 0 Å². The molecule has 1 aromatic rings. The lowest BCUT2D eigenvalue weighted by molar-refractivity contribution is -0.156. The Balaban J connectivity index is 2.84. The number of carbonyl (C=O) groups excluding carboxylic acids is 2. The second-order valence-corrected chi connectivity index (χ2v) is 6.23. The van der Waals surface area contributed by atoms with Crippen LogP contribution in [-0.4, -0.2) is 18.5 Å². The van der Waals surface area contributed by atoms with E-state index in [0.29, 0.717) is 5.76 Å². The quantitative estimate of drug-likeness (QED) is 0.669. The molecule has 0 aliphatic carbocycles. The van der Waals surface area contributed by atoms with Crippen LogP contribution in [0.5, 0.6) is 0 Å². The number of hydrogen-bond acceptors (Lipinski definition) is 4. The molecule has 0 radical (unpaired) electrons. The summed E-state index contributed by atoms with van der Waals surface area (Å²) in [7, 11) is 0. The number of furan rings is 1. The molecular formula is C16H25NO4. The standard InChI is InChI=1S/C16H25NO4/c1-7-20-15(19)13(16(4,5)6)14(18)17-11(3)12-9-8-10(2)21-12/h8-9,11,13H,7H2,1-6H3,(H,17,18). The van der Waals surface area contributed by atoms with Crippen molar-refractivity contribution in [2.75, 3.05) is 6.61 Å². The van der Waals surface area contributed by atoms with Crippen LogP contribution in [0.15, 0.2) is 16.5 Å². The summed E-state index contributed by atoms with van der Waals surface area (Å²) in [5.74, 6) is -0.245. The minimum Gasteiger partial charge on any atom is -0.465 e. The summed E-state index contributed by atoms with van der Waals surface area (Å²) in [5.41, 5.74) is -0.519. The van der Waals surface area contributed by atoms with Crippen molar-refractivity contribution in [3.63, 3.8) is 0 Å². The minimum absolute atomic E-state index is 0.256. The average molecular weight is 295 g/mol. The number of hydrogen-bond donors (Lipinski definition) is 1. The van der Waals surface area contributed by atoms with Crippen LogP contribution in [0.2, 0.25) is 0 Å². The van der Waals surface area contributed by atoms with Crippen LogP contribution in [0.4, 0.5) is 0 Å². The Morgan fingerprint density at radius 3 is 2.38 bits per heavy atom. The molecular weight excluding hydrogens is 270 g/mol. The SMILES string of the molecule is CCOC(=O)C(C(=O)NC(C)c1ccc(C)o1)C(C)(C)C. The second kappa shape index (κ2) is 6.78. The van der Waals surface area contributed by atoms with E-state index in [1.54, 1.807) is 6.92 Å². The molecule has 1 amide bonds. The van der Waals surface area contributed by atoms with E-state index >= 15 is 0 Å². The lowest BCUT2D eigenvalue weighted by Crippen LogP contribution is -2.44. The third-order valence-electron chi connectivity index (χ3n) is 3.20. The number of carbonyl (C=O) groups is 2. The summed E-state index contributed by atoms with van der Waals surface area (Å²) >= 11 is 0. The van der Waals surface area contributed by atoms with Crippen LogP contribution in [-0.2, 0) is 14.3 Å². The Kier molecular flexibility index (Phi) is 5.58. The normalized spacial score (nSPS) is 14.4. The van der Waals surface area contributed by atoms with Crippen molar-refractivity contribution < 1.29 is 18.7 Å². The smallest absolute Gasteiger partial charge is 0.319 e. The van der Waals surface area contributed by atoms with E-state index in [1.807, 2.05) is 46.8 Å². The summed E-state index contributed by atoms with van der Waals surface area (Å²) in [5, 5.41) is 2.82. The van der Waals surface area contributed by atoms with Crippen molar-refractivity contribution in [2.45, 2.75) is 47.6 Å². The number of rotatable bonds is 5. The zero-order valence-electron chi connectivity index (χ0n) is 13.6. The van der Waals surface area contributed by atoms with Crippen LogP contribution in [0, 0.1) is 18.3 Å². The van der Waals surface area contributed by atoms with Crippen LogP contribution < -0.4 is 5.32 Å². The molecule has 1 aromatic heterocycles. The highest BCUT2D eigenvalue weighted by Gasteiger charge is 2.39. The van der Waals surface area contributed by atoms with Gasteiger partial charge < -0.3 is 14.5 Å². The molecule has 0 aliphatic heterocycles. The maximum Gasteiger partial charge on any atom is 0.319 e. The van der Waals surface area contributed by atoms with E-state index in [2.05, 4.69) is 5.32 Å². The van der Waals surface area contributed by atoms with Crippen LogP contribution in [0.25, 0.3) is 0 Å². The fourth-order valence-corrected chi connectivity index (χ4v) is 2.13. The molecule has 2 unspecified atom stereocenters. The Labute approximate surface area is 126 Å². The van der Waals surface area contributed by atoms with Crippen molar-refractivity contribution in [2.24, 2.45) is 11.3 Å². The molecule has 21 heavy (non-hydrogen) atoms. The van der Waals surface area contributed by atoms with Crippen molar-refractivity contribution >= 4 is 11.9 Å². The van der Waals surface area contributed by atoms with E-state index in [-0.39, 0.29) is 18.6 Å². The molecule has 0 spiro atoms. The molecule has 5 heteroatoms. The van der Waals surface area contributed by atoms with Gasteiger partial charge in [-0.25, -0.2) is 0 Å². The predicted octanol–water partition coefficient (Wildman–Crippen LogP) is 2.99. The molecule has 1 N–H and O–H groups in total. The zero-order valence-corrected chi connectivity index (χ0v) is 13.6. The minimum atomic E-state index is -0.851. The summed E-state index contributed by atoms with van der Waals surface area (Å²) in [6, 6.07) is 3.35. The molecule has 0 aromatic carbocycles. The topological polar surface area (TPSA) is 68.5 Å². The first-order valence-corrected chi connectivity index (χ1v) is 7.20. The lowest BCUT2D eigenvalue weighted by atomic mass is 9.80. The molecule has 2 atom stereocenters. The fourth-order valence-electron chi connectivity index (χ4n) is 2.13. The summed E-state index contributed by atoms with van der Waals surface area (Å²) in [4.78, 5) is 24.5. The highest BCUT2D eigenvalue weighted by atomic mass is 16.5. The number of nitrogens with one attached hydrogen (secondary N) is 1. The van der Waals surface area contributed by atoms with Crippen LogP contribution >= 0.6 is 0 Å². The monoisotopic (exact) mass is 295 g/mol. The van der Waals surface area contributed by atoms with Crippen molar-refractivity contribution in [1.82, 2.24) is 5.32 Å². The van der Waals surface area contributed by atoms with Crippen LogP contribution in [0.1, 0.15) is 52.2 Å². The van der Waals surface area contributed by atoms with Gasteiger partial charge in [0.1, 0.15) is 17.4 Å². The predicted molar refractivity (Wildman–Crippen MR) is 79.6 cm³/mol. The summed E-state index contributed by atoms with van der Waals surface area (Å²) < 4.78 is 10.5.